The molecule has 0 N–H and O–H groups in total. The predicted octanol–water partition coefficient (Wildman–Crippen LogP) is 0.830. The fraction of sp³-hybridized carbons (Fsp3) is 0. The van der Waals surface area contributed by atoms with Crippen LogP contribution in [0.3, 0.4) is 0 Å². The first-order valence-corrected chi connectivity index (χ1v) is 2.89. The first-order chi connectivity index (χ1) is 4.20. The Labute approximate surface area is 57.9 Å². The van der Waals surface area contributed by atoms with Gasteiger partial charge < -0.3 is 4.42 Å². The predicted molar refractivity (Wildman–Crippen MR) is 39.8 cm³/mol. The molecule has 0 amide bonds. The van der Waals surface area contributed by atoms with Crippen molar-refractivity contribution in [3.05, 3.63) is 27.5 Å². The number of hydrogen-bond acceptors (Lipinski definition) is 2. The molecule has 0 aliphatic carbocycles. The lowest BCUT2D eigenvalue weighted by atomic mass is 10.4. The van der Waals surface area contributed by atoms with Gasteiger partial charge in [0.2, 0.25) is 0 Å². The van der Waals surface area contributed by atoms with Crippen molar-refractivity contribution in [2.45, 2.75) is 0 Å². The Morgan fingerprint density at radius 1 is 1.33 bits per heavy atom. The van der Waals surface area contributed by atoms with Gasteiger partial charge in [-0.15, -0.1) is 0 Å². The Morgan fingerprint density at radius 2 is 2.00 bits per heavy atom. The Balaban J connectivity index is 3.73. The van der Waals surface area contributed by atoms with Crippen molar-refractivity contribution < 1.29 is 4.42 Å². The highest BCUT2D eigenvalue weighted by atomic mass is 32.1. The Kier molecular flexibility index (Phi) is 1.49. The molecule has 0 saturated carbocycles. The van der Waals surface area contributed by atoms with E-state index in [0.717, 1.165) is 5.22 Å². The topological polar surface area (TPSA) is 13.1 Å². The Morgan fingerprint density at radius 3 is 2.44 bits per heavy atom. The Hall–Kier alpha value is -0.890. The van der Waals surface area contributed by atoms with Crippen LogP contribution >= 0.6 is 12.2 Å². The van der Waals surface area contributed by atoms with Gasteiger partial charge in [-0.25, -0.2) is 0 Å². The SMILES string of the molecule is C=c1ccc(=S)oc1=C. The van der Waals surface area contributed by atoms with Crippen molar-refractivity contribution in [3.63, 3.8) is 0 Å². The van der Waals surface area contributed by atoms with Gasteiger partial charge in [0.25, 0.3) is 0 Å². The van der Waals surface area contributed by atoms with Crippen molar-refractivity contribution in [3.8, 4) is 0 Å². The molecule has 0 aliphatic rings. The van der Waals surface area contributed by atoms with Gasteiger partial charge in [0, 0.05) is 5.22 Å². The first-order valence-electron chi connectivity index (χ1n) is 2.48. The molecule has 46 valence electrons. The molecule has 0 fully saturated rings. The molecule has 0 aromatic carbocycles. The van der Waals surface area contributed by atoms with Crippen LogP contribution in [0.2, 0.25) is 0 Å². The lowest BCUT2D eigenvalue weighted by Gasteiger charge is -1.82. The highest BCUT2D eigenvalue weighted by molar-refractivity contribution is 7.71. The van der Waals surface area contributed by atoms with Crippen molar-refractivity contribution in [1.82, 2.24) is 0 Å². The summed E-state index contributed by atoms with van der Waals surface area (Å²) in [6.07, 6.45) is 0. The zero-order valence-corrected chi connectivity index (χ0v) is 5.70. The molecule has 0 unspecified atom stereocenters. The van der Waals surface area contributed by atoms with E-state index < -0.39 is 0 Å². The minimum atomic E-state index is 0.451. The zero-order valence-electron chi connectivity index (χ0n) is 4.89. The summed E-state index contributed by atoms with van der Waals surface area (Å²) in [7, 11) is 0. The highest BCUT2D eigenvalue weighted by Crippen LogP contribution is 1.77. The van der Waals surface area contributed by atoms with Crippen LogP contribution in [0.5, 0.6) is 0 Å². The average molecular weight is 138 g/mol. The maximum atomic E-state index is 4.95. The minimum absolute atomic E-state index is 0.451. The summed E-state index contributed by atoms with van der Waals surface area (Å²) in [5.41, 5.74) is 0.544. The normalized spacial score (nSPS) is 9.33. The summed E-state index contributed by atoms with van der Waals surface area (Å²) in [5.74, 6) is 0. The third-order valence-electron chi connectivity index (χ3n) is 1.00. The fourth-order valence-corrected chi connectivity index (χ4v) is 0.651. The summed E-state index contributed by atoms with van der Waals surface area (Å²) in [4.78, 5) is 0. The fourth-order valence-electron chi connectivity index (χ4n) is 0.483. The lowest BCUT2D eigenvalue weighted by molar-refractivity contribution is 0.497. The van der Waals surface area contributed by atoms with Crippen LogP contribution in [0, 0.1) is 4.71 Å². The molecule has 1 aromatic heterocycles. The van der Waals surface area contributed by atoms with E-state index in [1.807, 2.05) is 0 Å². The van der Waals surface area contributed by atoms with E-state index in [1.165, 1.54) is 0 Å². The first kappa shape index (κ1) is 6.23. The summed E-state index contributed by atoms with van der Waals surface area (Å²) in [6, 6.07) is 3.47. The summed E-state index contributed by atoms with van der Waals surface area (Å²) < 4.78 is 5.40. The smallest absolute Gasteiger partial charge is 0.190 e. The van der Waals surface area contributed by atoms with Gasteiger partial charge in [-0.05, 0) is 24.4 Å². The maximum Gasteiger partial charge on any atom is 0.190 e. The van der Waals surface area contributed by atoms with Crippen LogP contribution < -0.4 is 10.6 Å². The zero-order chi connectivity index (χ0) is 6.85. The van der Waals surface area contributed by atoms with Gasteiger partial charge in [-0.3, -0.25) is 0 Å². The standard InChI is InChI=1S/C7H6OS/c1-5-3-4-7(9)8-6(5)2/h3-4H,1-2H2. The second-order valence-electron chi connectivity index (χ2n) is 1.70. The summed E-state index contributed by atoms with van der Waals surface area (Å²) >= 11 is 4.72. The van der Waals surface area contributed by atoms with Crippen LogP contribution in [0.25, 0.3) is 13.2 Å². The molecule has 0 aliphatic heterocycles. The van der Waals surface area contributed by atoms with Gasteiger partial charge >= 0.3 is 0 Å². The van der Waals surface area contributed by atoms with Crippen molar-refractivity contribution in [2.24, 2.45) is 0 Å². The molecule has 1 nitrogen and oxygen atoms in total. The average Bonchev–Trinajstić information content (AvgIpc) is 1.80. The van der Waals surface area contributed by atoms with Gasteiger partial charge in [-0.2, -0.15) is 0 Å². The van der Waals surface area contributed by atoms with Crippen molar-refractivity contribution in [1.29, 1.82) is 0 Å². The van der Waals surface area contributed by atoms with E-state index in [1.54, 1.807) is 12.1 Å². The molecule has 9 heavy (non-hydrogen) atoms. The van der Waals surface area contributed by atoms with E-state index in [2.05, 4.69) is 13.2 Å². The second kappa shape index (κ2) is 2.15. The van der Waals surface area contributed by atoms with E-state index in [9.17, 15) is 0 Å². The molecule has 1 aromatic rings. The summed E-state index contributed by atoms with van der Waals surface area (Å²) in [6.45, 7) is 7.24. The molecule has 0 bridgehead atoms. The monoisotopic (exact) mass is 138 g/mol. The highest BCUT2D eigenvalue weighted by Gasteiger charge is 1.78. The van der Waals surface area contributed by atoms with Gasteiger partial charge in [0.15, 0.2) is 4.71 Å². The summed E-state index contributed by atoms with van der Waals surface area (Å²) in [5, 5.41) is 0.781. The van der Waals surface area contributed by atoms with Crippen LogP contribution in [-0.2, 0) is 0 Å². The molecule has 0 atom stereocenters. The number of hydrogen-bond donors (Lipinski definition) is 0. The molecular formula is C7H6OS. The van der Waals surface area contributed by atoms with Crippen LogP contribution in [0.4, 0.5) is 0 Å². The molecule has 0 spiro atoms. The minimum Gasteiger partial charge on any atom is -0.446 e. The van der Waals surface area contributed by atoms with Crippen LogP contribution in [0.1, 0.15) is 0 Å². The molecular weight excluding hydrogens is 132 g/mol. The third-order valence-corrected chi connectivity index (χ3v) is 1.22. The Bertz CT molecular complexity index is 350. The molecule has 0 radical (unpaired) electrons. The van der Waals surface area contributed by atoms with E-state index in [0.29, 0.717) is 10.1 Å². The molecule has 2 heteroatoms. The second-order valence-corrected chi connectivity index (χ2v) is 2.11. The maximum absolute atomic E-state index is 4.95. The number of rotatable bonds is 0. The third kappa shape index (κ3) is 1.27. The van der Waals surface area contributed by atoms with Gasteiger partial charge in [-0.1, -0.05) is 13.2 Å². The van der Waals surface area contributed by atoms with Crippen LogP contribution in [-0.4, -0.2) is 0 Å². The van der Waals surface area contributed by atoms with E-state index in [-0.39, 0.29) is 0 Å². The van der Waals surface area contributed by atoms with E-state index in [4.69, 9.17) is 16.6 Å². The quantitative estimate of drug-likeness (QED) is 0.493. The molecule has 0 saturated heterocycles. The van der Waals surface area contributed by atoms with Crippen molar-refractivity contribution >= 4 is 25.4 Å². The molecule has 1 heterocycles. The van der Waals surface area contributed by atoms with Gasteiger partial charge in [0.05, 0.1) is 0 Å². The molecule has 1 rings (SSSR count). The lowest BCUT2D eigenvalue weighted by Crippen LogP contribution is -2.19. The van der Waals surface area contributed by atoms with E-state index >= 15 is 0 Å². The largest absolute Gasteiger partial charge is 0.446 e. The van der Waals surface area contributed by atoms with Crippen molar-refractivity contribution in [2.75, 3.05) is 0 Å². The van der Waals surface area contributed by atoms with Gasteiger partial charge in [0.1, 0.15) is 5.42 Å². The van der Waals surface area contributed by atoms with Crippen LogP contribution in [0.15, 0.2) is 16.5 Å².